The molecule has 0 fully saturated rings. The smallest absolute Gasteiger partial charge is 0.326 e. The number of fused-ring (bicyclic) bond motifs is 1. The third kappa shape index (κ3) is 4.08. The van der Waals surface area contributed by atoms with Gasteiger partial charge in [-0.3, -0.25) is 19.0 Å². The first-order chi connectivity index (χ1) is 13.4. The van der Waals surface area contributed by atoms with E-state index in [1.54, 1.807) is 41.2 Å². The van der Waals surface area contributed by atoms with Crippen LogP contribution in [0.2, 0.25) is 0 Å². The Kier molecular flexibility index (Phi) is 5.53. The Labute approximate surface area is 160 Å². The van der Waals surface area contributed by atoms with Crippen molar-refractivity contribution in [3.05, 3.63) is 53.2 Å². The Hall–Kier alpha value is -3.49. The predicted molar refractivity (Wildman–Crippen MR) is 103 cm³/mol. The van der Waals surface area contributed by atoms with Gasteiger partial charge in [0.2, 0.25) is 0 Å². The highest BCUT2D eigenvalue weighted by atomic mass is 16.5. The Balaban J connectivity index is 1.64. The zero-order valence-electron chi connectivity index (χ0n) is 15.8. The van der Waals surface area contributed by atoms with Crippen LogP contribution in [0.1, 0.15) is 26.8 Å². The van der Waals surface area contributed by atoms with Crippen LogP contribution in [0.25, 0.3) is 10.9 Å². The van der Waals surface area contributed by atoms with Gasteiger partial charge in [-0.2, -0.15) is 5.10 Å². The number of ether oxygens (including phenoxy) is 1. The zero-order chi connectivity index (χ0) is 20.3. The summed E-state index contributed by atoms with van der Waals surface area (Å²) in [6.07, 6.45) is 1.83. The molecule has 146 valence electrons. The van der Waals surface area contributed by atoms with Crippen molar-refractivity contribution in [1.82, 2.24) is 19.3 Å². The van der Waals surface area contributed by atoms with Crippen molar-refractivity contribution >= 4 is 28.6 Å². The molecule has 2 aromatic heterocycles. The van der Waals surface area contributed by atoms with Crippen molar-refractivity contribution < 1.29 is 14.3 Å². The Morgan fingerprint density at radius 2 is 1.93 bits per heavy atom. The molecular weight excluding hydrogens is 362 g/mol. The number of amides is 1. The van der Waals surface area contributed by atoms with Crippen molar-refractivity contribution in [2.24, 2.45) is 0 Å². The number of benzene rings is 1. The maximum Gasteiger partial charge on any atom is 0.326 e. The summed E-state index contributed by atoms with van der Waals surface area (Å²) in [5, 5.41) is 7.22. The second kappa shape index (κ2) is 8.03. The summed E-state index contributed by atoms with van der Waals surface area (Å²) in [6.45, 7) is 4.99. The van der Waals surface area contributed by atoms with Crippen molar-refractivity contribution in [3.63, 3.8) is 0 Å². The first-order valence-corrected chi connectivity index (χ1v) is 8.85. The summed E-state index contributed by atoms with van der Waals surface area (Å²) < 4.78 is 7.97. The monoisotopic (exact) mass is 383 g/mol. The van der Waals surface area contributed by atoms with Crippen LogP contribution in [0.3, 0.4) is 0 Å². The minimum atomic E-state index is -1.04. The standard InChI is InChI=1S/C19H21N5O4/c1-12(2)24-16(8-9-21-24)22-18(26)13(3)28-17(25)10-23-11-20-15-7-5-4-6-14(15)19(23)27/h4-9,11-13H,10H2,1-3H3,(H,22,26). The number of hydrogen-bond donors (Lipinski definition) is 1. The van der Waals surface area contributed by atoms with Crippen LogP contribution in [0.15, 0.2) is 47.7 Å². The van der Waals surface area contributed by atoms with E-state index in [4.69, 9.17) is 4.74 Å². The molecule has 9 heteroatoms. The van der Waals surface area contributed by atoms with Crippen LogP contribution in [0, 0.1) is 0 Å². The molecule has 28 heavy (non-hydrogen) atoms. The van der Waals surface area contributed by atoms with Gasteiger partial charge in [0.05, 0.1) is 23.4 Å². The molecule has 3 aromatic rings. The Morgan fingerprint density at radius 3 is 2.68 bits per heavy atom. The number of nitrogens with one attached hydrogen (secondary N) is 1. The SMILES string of the molecule is CC(OC(=O)Cn1cnc2ccccc2c1=O)C(=O)Nc1ccnn1C(C)C. The van der Waals surface area contributed by atoms with Crippen LogP contribution in [0.5, 0.6) is 0 Å². The fourth-order valence-corrected chi connectivity index (χ4v) is 2.70. The summed E-state index contributed by atoms with van der Waals surface area (Å²) in [5.41, 5.74) is 0.201. The second-order valence-corrected chi connectivity index (χ2v) is 6.57. The van der Waals surface area contributed by atoms with Gasteiger partial charge < -0.3 is 10.1 Å². The average molecular weight is 383 g/mol. The molecule has 0 aliphatic heterocycles. The molecule has 1 N–H and O–H groups in total. The summed E-state index contributed by atoms with van der Waals surface area (Å²) in [4.78, 5) is 41.1. The highest BCUT2D eigenvalue weighted by Gasteiger charge is 2.20. The number of carbonyl (C=O) groups excluding carboxylic acids is 2. The molecule has 0 aliphatic rings. The molecule has 0 spiro atoms. The molecular formula is C19H21N5O4. The maximum absolute atomic E-state index is 12.4. The van der Waals surface area contributed by atoms with E-state index in [0.29, 0.717) is 16.7 Å². The van der Waals surface area contributed by atoms with Crippen LogP contribution < -0.4 is 10.9 Å². The van der Waals surface area contributed by atoms with Gasteiger partial charge >= 0.3 is 5.97 Å². The lowest BCUT2D eigenvalue weighted by Gasteiger charge is -2.16. The molecule has 2 heterocycles. The van der Waals surface area contributed by atoms with Crippen LogP contribution >= 0.6 is 0 Å². The fourth-order valence-electron chi connectivity index (χ4n) is 2.70. The third-order valence-corrected chi connectivity index (χ3v) is 4.12. The van der Waals surface area contributed by atoms with Gasteiger partial charge in [-0.1, -0.05) is 12.1 Å². The molecule has 0 bridgehead atoms. The lowest BCUT2D eigenvalue weighted by Crippen LogP contribution is -2.33. The molecule has 0 aliphatic carbocycles. The average Bonchev–Trinajstić information content (AvgIpc) is 3.12. The number of rotatable bonds is 6. The fraction of sp³-hybridized carbons (Fsp3) is 0.316. The van der Waals surface area contributed by atoms with Gasteiger partial charge in [-0.15, -0.1) is 0 Å². The van der Waals surface area contributed by atoms with Gasteiger partial charge in [0.25, 0.3) is 11.5 Å². The topological polar surface area (TPSA) is 108 Å². The van der Waals surface area contributed by atoms with Gasteiger partial charge in [-0.25, -0.2) is 9.67 Å². The predicted octanol–water partition coefficient (Wildman–Crippen LogP) is 1.74. The summed E-state index contributed by atoms with van der Waals surface area (Å²) in [5.74, 6) is -0.684. The molecule has 0 saturated carbocycles. The van der Waals surface area contributed by atoms with E-state index in [9.17, 15) is 14.4 Å². The number of nitrogens with zero attached hydrogens (tertiary/aromatic N) is 4. The number of aromatic nitrogens is 4. The number of hydrogen-bond acceptors (Lipinski definition) is 6. The first-order valence-electron chi connectivity index (χ1n) is 8.85. The molecule has 0 radical (unpaired) electrons. The van der Waals surface area contributed by atoms with E-state index in [0.717, 1.165) is 4.57 Å². The highest BCUT2D eigenvalue weighted by Crippen LogP contribution is 2.13. The van der Waals surface area contributed by atoms with Crippen LogP contribution in [0.4, 0.5) is 5.82 Å². The molecule has 1 atom stereocenters. The van der Waals surface area contributed by atoms with Gasteiger partial charge in [0, 0.05) is 12.1 Å². The minimum absolute atomic E-state index is 0.0652. The number of carbonyl (C=O) groups is 2. The van der Waals surface area contributed by atoms with Crippen molar-refractivity contribution in [3.8, 4) is 0 Å². The first kappa shape index (κ1) is 19.3. The summed E-state index contributed by atoms with van der Waals surface area (Å²) in [7, 11) is 0. The molecule has 0 saturated heterocycles. The van der Waals surface area contributed by atoms with Crippen LogP contribution in [-0.4, -0.2) is 37.3 Å². The minimum Gasteiger partial charge on any atom is -0.451 e. The Bertz CT molecular complexity index is 1070. The van der Waals surface area contributed by atoms with Gasteiger partial charge in [-0.05, 0) is 32.9 Å². The van der Waals surface area contributed by atoms with E-state index < -0.39 is 18.0 Å². The number of esters is 1. The normalized spacial score (nSPS) is 12.1. The molecule has 9 nitrogen and oxygen atoms in total. The van der Waals surface area contributed by atoms with Gasteiger partial charge in [0.15, 0.2) is 6.10 Å². The second-order valence-electron chi connectivity index (χ2n) is 6.57. The van der Waals surface area contributed by atoms with Crippen LogP contribution in [-0.2, 0) is 20.9 Å². The molecule has 3 rings (SSSR count). The number of anilines is 1. The van der Waals surface area contributed by atoms with Gasteiger partial charge in [0.1, 0.15) is 12.4 Å². The third-order valence-electron chi connectivity index (χ3n) is 4.12. The molecule has 1 aromatic carbocycles. The van der Waals surface area contributed by atoms with E-state index in [2.05, 4.69) is 15.4 Å². The number of para-hydroxylation sites is 1. The zero-order valence-corrected chi connectivity index (χ0v) is 15.8. The van der Waals surface area contributed by atoms with Crippen molar-refractivity contribution in [1.29, 1.82) is 0 Å². The van der Waals surface area contributed by atoms with E-state index in [-0.39, 0.29) is 18.1 Å². The summed E-state index contributed by atoms with van der Waals surface area (Å²) in [6, 6.07) is 8.58. The maximum atomic E-state index is 12.4. The molecule has 1 amide bonds. The summed E-state index contributed by atoms with van der Waals surface area (Å²) >= 11 is 0. The lowest BCUT2D eigenvalue weighted by molar-refractivity contribution is -0.153. The highest BCUT2D eigenvalue weighted by molar-refractivity contribution is 5.94. The Morgan fingerprint density at radius 1 is 1.18 bits per heavy atom. The van der Waals surface area contributed by atoms with E-state index >= 15 is 0 Å². The lowest BCUT2D eigenvalue weighted by atomic mass is 10.2. The quantitative estimate of drug-likeness (QED) is 0.650. The van der Waals surface area contributed by atoms with Crippen molar-refractivity contribution in [2.45, 2.75) is 39.5 Å². The largest absolute Gasteiger partial charge is 0.451 e. The van der Waals surface area contributed by atoms with E-state index in [1.807, 2.05) is 13.8 Å². The molecule has 1 unspecified atom stereocenters. The van der Waals surface area contributed by atoms with Crippen molar-refractivity contribution in [2.75, 3.05) is 5.32 Å². The van der Waals surface area contributed by atoms with E-state index in [1.165, 1.54) is 13.3 Å².